The zero-order valence-electron chi connectivity index (χ0n) is 13.6. The number of nitro groups is 1. The van der Waals surface area contributed by atoms with Gasteiger partial charge in [-0.05, 0) is 18.9 Å². The minimum Gasteiger partial charge on any atom is -0.258 e. The molecular formula is C17H28N2O2. The highest BCUT2D eigenvalue weighted by Gasteiger charge is 2.27. The molecule has 4 nitrogen and oxygen atoms in total. The second kappa shape index (κ2) is 8.75. The number of rotatable bonds is 10. The van der Waals surface area contributed by atoms with Gasteiger partial charge in [-0.2, -0.15) is 0 Å². The van der Waals surface area contributed by atoms with Gasteiger partial charge in [0.05, 0.1) is 4.92 Å². The molecule has 0 aliphatic rings. The van der Waals surface area contributed by atoms with Crippen molar-refractivity contribution in [2.45, 2.75) is 77.6 Å². The first-order chi connectivity index (χ1) is 10.0. The molecule has 0 aromatic carbocycles. The summed E-state index contributed by atoms with van der Waals surface area (Å²) in [4.78, 5) is 14.8. The zero-order chi connectivity index (χ0) is 15.7. The van der Waals surface area contributed by atoms with Crippen molar-refractivity contribution < 1.29 is 4.92 Å². The lowest BCUT2D eigenvalue weighted by molar-refractivity contribution is -0.385. The lowest BCUT2D eigenvalue weighted by Crippen LogP contribution is -2.23. The highest BCUT2D eigenvalue weighted by molar-refractivity contribution is 5.29. The van der Waals surface area contributed by atoms with Gasteiger partial charge >= 0.3 is 0 Å². The summed E-state index contributed by atoms with van der Waals surface area (Å²) in [5, 5.41) is 10.7. The van der Waals surface area contributed by atoms with Crippen LogP contribution in [0.15, 0.2) is 18.3 Å². The molecule has 118 valence electrons. The van der Waals surface area contributed by atoms with Crippen molar-refractivity contribution in [3.8, 4) is 0 Å². The van der Waals surface area contributed by atoms with E-state index in [1.54, 1.807) is 6.07 Å². The number of unbranched alkanes of at least 4 members (excludes halogenated alkanes) is 4. The molecule has 1 aromatic rings. The van der Waals surface area contributed by atoms with Crippen molar-refractivity contribution >= 4 is 5.69 Å². The summed E-state index contributed by atoms with van der Waals surface area (Å²) >= 11 is 0. The smallest absolute Gasteiger partial charge is 0.258 e. The van der Waals surface area contributed by atoms with Crippen molar-refractivity contribution in [1.82, 2.24) is 4.98 Å². The Morgan fingerprint density at radius 1 is 1.10 bits per heavy atom. The van der Waals surface area contributed by atoms with E-state index >= 15 is 0 Å². The summed E-state index contributed by atoms with van der Waals surface area (Å²) in [6, 6.07) is 3.43. The Hall–Kier alpha value is -1.45. The van der Waals surface area contributed by atoms with Crippen molar-refractivity contribution in [2.24, 2.45) is 0 Å². The Balaban J connectivity index is 2.84. The SMILES string of the molecule is CCCCCC(C)(CCCCC)c1ccc([N+](=O)[O-])cn1. The number of aromatic nitrogens is 1. The minimum atomic E-state index is -0.387. The van der Waals surface area contributed by atoms with Crippen LogP contribution in [0.25, 0.3) is 0 Å². The van der Waals surface area contributed by atoms with Gasteiger partial charge in [-0.3, -0.25) is 15.1 Å². The fraction of sp³-hybridized carbons (Fsp3) is 0.706. The molecule has 1 aromatic heterocycles. The lowest BCUT2D eigenvalue weighted by Gasteiger charge is -2.29. The van der Waals surface area contributed by atoms with E-state index in [1.807, 2.05) is 6.07 Å². The Bertz CT molecular complexity index is 419. The average molecular weight is 292 g/mol. The highest BCUT2D eigenvalue weighted by Crippen LogP contribution is 2.34. The van der Waals surface area contributed by atoms with Crippen LogP contribution < -0.4 is 0 Å². The molecule has 0 aliphatic carbocycles. The van der Waals surface area contributed by atoms with Gasteiger partial charge in [0.2, 0.25) is 0 Å². The maximum atomic E-state index is 10.7. The van der Waals surface area contributed by atoms with Gasteiger partial charge in [0.25, 0.3) is 5.69 Å². The summed E-state index contributed by atoms with van der Waals surface area (Å²) < 4.78 is 0. The lowest BCUT2D eigenvalue weighted by atomic mass is 9.77. The number of hydrogen-bond donors (Lipinski definition) is 0. The highest BCUT2D eigenvalue weighted by atomic mass is 16.6. The van der Waals surface area contributed by atoms with Crippen LogP contribution in [0, 0.1) is 10.1 Å². The summed E-state index contributed by atoms with van der Waals surface area (Å²) in [6.45, 7) is 6.67. The standard InChI is InChI=1S/C17H28N2O2/c1-4-6-8-12-17(3,13-9-7-5-2)16-11-10-15(14-18-16)19(20)21/h10-11,14H,4-9,12-13H2,1-3H3. The van der Waals surface area contributed by atoms with Crippen LogP contribution in [0.4, 0.5) is 5.69 Å². The first-order valence-corrected chi connectivity index (χ1v) is 8.14. The summed E-state index contributed by atoms with van der Waals surface area (Å²) in [7, 11) is 0. The normalized spacial score (nSPS) is 11.6. The van der Waals surface area contributed by atoms with Gasteiger partial charge < -0.3 is 0 Å². The van der Waals surface area contributed by atoms with Gasteiger partial charge in [-0.15, -0.1) is 0 Å². The molecule has 0 fully saturated rings. The maximum absolute atomic E-state index is 10.7. The molecule has 0 bridgehead atoms. The Kier molecular flexibility index (Phi) is 7.34. The predicted octanol–water partition coefficient (Wildman–Crippen LogP) is 5.41. The van der Waals surface area contributed by atoms with Crippen molar-refractivity contribution in [1.29, 1.82) is 0 Å². The van der Waals surface area contributed by atoms with Crippen molar-refractivity contribution in [3.05, 3.63) is 34.1 Å². The van der Waals surface area contributed by atoms with Gasteiger partial charge in [0, 0.05) is 17.2 Å². The maximum Gasteiger partial charge on any atom is 0.287 e. The zero-order valence-corrected chi connectivity index (χ0v) is 13.6. The van der Waals surface area contributed by atoms with Gasteiger partial charge in [0.1, 0.15) is 6.20 Å². The third-order valence-electron chi connectivity index (χ3n) is 4.24. The molecule has 4 heteroatoms. The average Bonchev–Trinajstić information content (AvgIpc) is 2.48. The second-order valence-corrected chi connectivity index (χ2v) is 6.13. The van der Waals surface area contributed by atoms with E-state index in [-0.39, 0.29) is 16.0 Å². The van der Waals surface area contributed by atoms with Gasteiger partial charge in [-0.1, -0.05) is 59.3 Å². The van der Waals surface area contributed by atoms with Crippen molar-refractivity contribution in [2.75, 3.05) is 0 Å². The van der Waals surface area contributed by atoms with Crippen LogP contribution in [0.1, 0.15) is 77.8 Å². The summed E-state index contributed by atoms with van der Waals surface area (Å²) in [5.74, 6) is 0. The Labute approximate surface area is 128 Å². The third-order valence-corrected chi connectivity index (χ3v) is 4.24. The van der Waals surface area contributed by atoms with E-state index in [2.05, 4.69) is 25.8 Å². The molecule has 0 saturated heterocycles. The molecule has 0 amide bonds. The second-order valence-electron chi connectivity index (χ2n) is 6.13. The number of hydrogen-bond acceptors (Lipinski definition) is 3. The number of nitrogens with zero attached hydrogens (tertiary/aromatic N) is 2. The van der Waals surface area contributed by atoms with Crippen LogP contribution in [0.5, 0.6) is 0 Å². The quantitative estimate of drug-likeness (QED) is 0.329. The fourth-order valence-electron chi connectivity index (χ4n) is 2.76. The first-order valence-electron chi connectivity index (χ1n) is 8.14. The minimum absolute atomic E-state index is 0.0411. The van der Waals surface area contributed by atoms with E-state index in [0.29, 0.717) is 0 Å². The molecular weight excluding hydrogens is 264 g/mol. The van der Waals surface area contributed by atoms with Gasteiger partial charge in [-0.25, -0.2) is 0 Å². The number of pyridine rings is 1. The molecule has 0 N–H and O–H groups in total. The third kappa shape index (κ3) is 5.44. The van der Waals surface area contributed by atoms with Crippen molar-refractivity contribution in [3.63, 3.8) is 0 Å². The van der Waals surface area contributed by atoms with Crippen LogP contribution in [-0.2, 0) is 5.41 Å². The molecule has 0 unspecified atom stereocenters. The largest absolute Gasteiger partial charge is 0.287 e. The molecule has 21 heavy (non-hydrogen) atoms. The predicted molar refractivity (Wildman–Crippen MR) is 86.5 cm³/mol. The van der Waals surface area contributed by atoms with Crippen LogP contribution in [0.3, 0.4) is 0 Å². The first kappa shape index (κ1) is 17.6. The molecule has 0 saturated carbocycles. The van der Waals surface area contributed by atoms with E-state index in [1.165, 1.54) is 44.7 Å². The van der Waals surface area contributed by atoms with Gasteiger partial charge in [0.15, 0.2) is 0 Å². The fourth-order valence-corrected chi connectivity index (χ4v) is 2.76. The molecule has 1 heterocycles. The van der Waals surface area contributed by atoms with Crippen LogP contribution >= 0.6 is 0 Å². The molecule has 0 radical (unpaired) electrons. The molecule has 0 spiro atoms. The summed E-state index contributed by atoms with van der Waals surface area (Å²) in [6.07, 6.45) is 10.9. The molecule has 1 rings (SSSR count). The van der Waals surface area contributed by atoms with E-state index < -0.39 is 0 Å². The van der Waals surface area contributed by atoms with E-state index in [4.69, 9.17) is 0 Å². The summed E-state index contributed by atoms with van der Waals surface area (Å²) in [5.41, 5.74) is 1.11. The molecule has 0 aliphatic heterocycles. The van der Waals surface area contributed by atoms with E-state index in [9.17, 15) is 10.1 Å². The topological polar surface area (TPSA) is 56.0 Å². The Morgan fingerprint density at radius 2 is 1.67 bits per heavy atom. The van der Waals surface area contributed by atoms with Crippen LogP contribution in [0.2, 0.25) is 0 Å². The molecule has 0 atom stereocenters. The monoisotopic (exact) mass is 292 g/mol. The Morgan fingerprint density at radius 3 is 2.05 bits per heavy atom. The van der Waals surface area contributed by atoms with Crippen LogP contribution in [-0.4, -0.2) is 9.91 Å². The van der Waals surface area contributed by atoms with E-state index in [0.717, 1.165) is 18.5 Å².